The van der Waals surface area contributed by atoms with Crippen LogP contribution in [0.15, 0.2) is 30.3 Å². The number of nitrogens with one attached hydrogen (secondary N) is 1. The summed E-state index contributed by atoms with van der Waals surface area (Å²) in [7, 11) is 0. The molecule has 0 aromatic heterocycles. The molecule has 0 bridgehead atoms. The number of hydrogen-bond donors (Lipinski definition) is 1. The summed E-state index contributed by atoms with van der Waals surface area (Å²) in [6, 6.07) is 8.44. The van der Waals surface area contributed by atoms with Gasteiger partial charge in [0.2, 0.25) is 0 Å². The standard InChI is InChI=1S/C19H21ClFNO2/c1-3-23-16-10-12-8-9-22-19(13(12)11-17(16)24-4-2)18-14(20)6-5-7-15(18)21/h5-7,10-11,19,22H,3-4,8-9H2,1-2H3/t19-/m1/s1. The molecule has 1 N–H and O–H groups in total. The number of benzene rings is 2. The molecule has 0 unspecified atom stereocenters. The first kappa shape index (κ1) is 17.1. The molecule has 1 atom stereocenters. The summed E-state index contributed by atoms with van der Waals surface area (Å²) in [4.78, 5) is 0. The maximum absolute atomic E-state index is 14.4. The summed E-state index contributed by atoms with van der Waals surface area (Å²) in [5, 5.41) is 3.80. The van der Waals surface area contributed by atoms with Crippen LogP contribution in [0.2, 0.25) is 5.02 Å². The monoisotopic (exact) mass is 349 g/mol. The number of ether oxygens (including phenoxy) is 2. The highest BCUT2D eigenvalue weighted by molar-refractivity contribution is 6.31. The van der Waals surface area contributed by atoms with Crippen molar-refractivity contribution in [2.45, 2.75) is 26.3 Å². The third-order valence-corrected chi connectivity index (χ3v) is 4.48. The fourth-order valence-electron chi connectivity index (χ4n) is 3.14. The number of hydrogen-bond acceptors (Lipinski definition) is 3. The largest absolute Gasteiger partial charge is 0.490 e. The van der Waals surface area contributed by atoms with E-state index < -0.39 is 0 Å². The van der Waals surface area contributed by atoms with Crippen molar-refractivity contribution in [3.8, 4) is 11.5 Å². The smallest absolute Gasteiger partial charge is 0.161 e. The highest BCUT2D eigenvalue weighted by Gasteiger charge is 2.27. The van der Waals surface area contributed by atoms with Gasteiger partial charge in [0.25, 0.3) is 0 Å². The van der Waals surface area contributed by atoms with Gasteiger partial charge in [-0.1, -0.05) is 17.7 Å². The molecule has 1 heterocycles. The predicted octanol–water partition coefficient (Wildman–Crippen LogP) is 4.51. The quantitative estimate of drug-likeness (QED) is 0.861. The Morgan fingerprint density at radius 2 is 1.88 bits per heavy atom. The summed E-state index contributed by atoms with van der Waals surface area (Å²) in [6.07, 6.45) is 0.852. The Morgan fingerprint density at radius 1 is 1.17 bits per heavy atom. The lowest BCUT2D eigenvalue weighted by Crippen LogP contribution is -2.31. The molecular formula is C19H21ClFNO2. The number of rotatable bonds is 5. The SMILES string of the molecule is CCOc1cc2c(cc1OCC)[C@H](c1c(F)cccc1Cl)NCC2. The number of halogens is 2. The lowest BCUT2D eigenvalue weighted by atomic mass is 9.89. The Labute approximate surface area is 146 Å². The molecule has 1 aliphatic heterocycles. The van der Waals surface area contributed by atoms with Crippen LogP contribution >= 0.6 is 11.6 Å². The van der Waals surface area contributed by atoms with Gasteiger partial charge in [0.1, 0.15) is 5.82 Å². The molecule has 2 aromatic rings. The third-order valence-electron chi connectivity index (χ3n) is 4.15. The van der Waals surface area contributed by atoms with Gasteiger partial charge in [0.15, 0.2) is 11.5 Å². The third kappa shape index (κ3) is 3.21. The predicted molar refractivity (Wildman–Crippen MR) is 93.7 cm³/mol. The Morgan fingerprint density at radius 3 is 2.54 bits per heavy atom. The van der Waals surface area contributed by atoms with E-state index in [0.717, 1.165) is 29.8 Å². The molecule has 0 saturated heterocycles. The normalized spacial score (nSPS) is 16.6. The van der Waals surface area contributed by atoms with Crippen LogP contribution in [0.1, 0.15) is 36.6 Å². The topological polar surface area (TPSA) is 30.5 Å². The van der Waals surface area contributed by atoms with E-state index in [1.54, 1.807) is 12.1 Å². The molecule has 5 heteroatoms. The molecule has 1 aliphatic rings. The second-order valence-electron chi connectivity index (χ2n) is 5.64. The van der Waals surface area contributed by atoms with Gasteiger partial charge < -0.3 is 14.8 Å². The van der Waals surface area contributed by atoms with Gasteiger partial charge in [-0.15, -0.1) is 0 Å². The molecule has 3 rings (SSSR count). The zero-order chi connectivity index (χ0) is 17.1. The average molecular weight is 350 g/mol. The summed E-state index contributed by atoms with van der Waals surface area (Å²) in [5.74, 6) is 1.11. The molecule has 0 spiro atoms. The van der Waals surface area contributed by atoms with E-state index in [1.807, 2.05) is 26.0 Å². The zero-order valence-electron chi connectivity index (χ0n) is 13.9. The van der Waals surface area contributed by atoms with Crippen molar-refractivity contribution in [3.05, 3.63) is 57.9 Å². The van der Waals surface area contributed by atoms with E-state index in [-0.39, 0.29) is 11.9 Å². The minimum atomic E-state index is -0.306. The van der Waals surface area contributed by atoms with Crippen LogP contribution in [0.25, 0.3) is 0 Å². The zero-order valence-corrected chi connectivity index (χ0v) is 14.6. The molecule has 128 valence electrons. The molecule has 24 heavy (non-hydrogen) atoms. The lowest BCUT2D eigenvalue weighted by Gasteiger charge is -2.29. The van der Waals surface area contributed by atoms with Crippen LogP contribution in [-0.4, -0.2) is 19.8 Å². The Balaban J connectivity index is 2.11. The molecular weight excluding hydrogens is 329 g/mol. The Kier molecular flexibility index (Phi) is 5.27. The molecule has 0 radical (unpaired) electrons. The highest BCUT2D eigenvalue weighted by Crippen LogP contribution is 2.40. The van der Waals surface area contributed by atoms with Crippen molar-refractivity contribution < 1.29 is 13.9 Å². The van der Waals surface area contributed by atoms with Crippen LogP contribution in [0.3, 0.4) is 0 Å². The molecule has 0 fully saturated rings. The van der Waals surface area contributed by atoms with Gasteiger partial charge in [-0.3, -0.25) is 0 Å². The first-order valence-corrected chi connectivity index (χ1v) is 8.63. The van der Waals surface area contributed by atoms with E-state index in [2.05, 4.69) is 5.32 Å². The van der Waals surface area contributed by atoms with E-state index in [1.165, 1.54) is 6.07 Å². The van der Waals surface area contributed by atoms with Crippen LogP contribution < -0.4 is 14.8 Å². The second-order valence-corrected chi connectivity index (χ2v) is 6.04. The van der Waals surface area contributed by atoms with Gasteiger partial charge in [-0.05, 0) is 55.7 Å². The van der Waals surface area contributed by atoms with E-state index in [9.17, 15) is 4.39 Å². The summed E-state index contributed by atoms with van der Waals surface area (Å²) >= 11 is 6.28. The van der Waals surface area contributed by atoms with E-state index in [4.69, 9.17) is 21.1 Å². The van der Waals surface area contributed by atoms with Crippen LogP contribution in [0.5, 0.6) is 11.5 Å². The van der Waals surface area contributed by atoms with Crippen molar-refractivity contribution in [3.63, 3.8) is 0 Å². The Hall–Kier alpha value is -1.78. The maximum Gasteiger partial charge on any atom is 0.161 e. The van der Waals surface area contributed by atoms with E-state index in [0.29, 0.717) is 29.5 Å². The van der Waals surface area contributed by atoms with Crippen molar-refractivity contribution in [1.82, 2.24) is 5.32 Å². The van der Waals surface area contributed by atoms with Crippen LogP contribution in [0.4, 0.5) is 4.39 Å². The van der Waals surface area contributed by atoms with Crippen LogP contribution in [-0.2, 0) is 6.42 Å². The second kappa shape index (κ2) is 7.41. The maximum atomic E-state index is 14.4. The van der Waals surface area contributed by atoms with Gasteiger partial charge in [-0.25, -0.2) is 4.39 Å². The molecule has 0 amide bonds. The van der Waals surface area contributed by atoms with E-state index >= 15 is 0 Å². The molecule has 2 aromatic carbocycles. The lowest BCUT2D eigenvalue weighted by molar-refractivity contribution is 0.286. The van der Waals surface area contributed by atoms with Gasteiger partial charge in [0, 0.05) is 17.1 Å². The molecule has 0 aliphatic carbocycles. The summed E-state index contributed by atoms with van der Waals surface area (Å²) in [6.45, 7) is 5.73. The molecule has 3 nitrogen and oxygen atoms in total. The first-order chi connectivity index (χ1) is 11.7. The minimum Gasteiger partial charge on any atom is -0.490 e. The van der Waals surface area contributed by atoms with Gasteiger partial charge >= 0.3 is 0 Å². The highest BCUT2D eigenvalue weighted by atomic mass is 35.5. The van der Waals surface area contributed by atoms with Crippen molar-refractivity contribution >= 4 is 11.6 Å². The Bertz CT molecular complexity index is 715. The summed E-state index contributed by atoms with van der Waals surface area (Å²) in [5.41, 5.74) is 2.59. The van der Waals surface area contributed by atoms with Crippen molar-refractivity contribution in [1.29, 1.82) is 0 Å². The fraction of sp³-hybridized carbons (Fsp3) is 0.368. The first-order valence-electron chi connectivity index (χ1n) is 8.25. The minimum absolute atomic E-state index is 0.294. The summed E-state index contributed by atoms with van der Waals surface area (Å²) < 4.78 is 25.8. The molecule has 0 saturated carbocycles. The van der Waals surface area contributed by atoms with Crippen molar-refractivity contribution in [2.24, 2.45) is 0 Å². The van der Waals surface area contributed by atoms with Crippen LogP contribution in [0, 0.1) is 5.82 Å². The fourth-order valence-corrected chi connectivity index (χ4v) is 3.42. The average Bonchev–Trinajstić information content (AvgIpc) is 2.56. The van der Waals surface area contributed by atoms with Gasteiger partial charge in [-0.2, -0.15) is 0 Å². The number of fused-ring (bicyclic) bond motifs is 1. The van der Waals surface area contributed by atoms with Crippen molar-refractivity contribution in [2.75, 3.05) is 19.8 Å². The van der Waals surface area contributed by atoms with Gasteiger partial charge in [0.05, 0.1) is 19.3 Å².